The Morgan fingerprint density at radius 3 is 2.92 bits per heavy atom. The summed E-state index contributed by atoms with van der Waals surface area (Å²) < 4.78 is 1.65. The fourth-order valence-electron chi connectivity index (χ4n) is 3.12. The summed E-state index contributed by atoms with van der Waals surface area (Å²) in [6, 6.07) is 0. The lowest BCUT2D eigenvalue weighted by atomic mass is 9.97. The topological polar surface area (TPSA) is 64.0 Å². The highest BCUT2D eigenvalue weighted by molar-refractivity contribution is 7.99. The van der Waals surface area contributed by atoms with E-state index in [2.05, 4.69) is 25.7 Å². The van der Waals surface area contributed by atoms with Gasteiger partial charge in [-0.25, -0.2) is 4.98 Å². The number of aromatic nitrogens is 2. The van der Waals surface area contributed by atoms with Crippen molar-refractivity contribution in [3.63, 3.8) is 0 Å². The van der Waals surface area contributed by atoms with E-state index in [0.29, 0.717) is 24.2 Å². The fraction of sp³-hybridized carbons (Fsp3) is 0.526. The summed E-state index contributed by atoms with van der Waals surface area (Å²) in [6.45, 7) is 8.94. The lowest BCUT2D eigenvalue weighted by Gasteiger charge is -2.12. The van der Waals surface area contributed by atoms with Crippen LogP contribution in [0.1, 0.15) is 37.1 Å². The zero-order valence-electron chi connectivity index (χ0n) is 15.3. The maximum atomic E-state index is 13.1. The van der Waals surface area contributed by atoms with Crippen LogP contribution in [-0.2, 0) is 24.2 Å². The SMILES string of the molecule is C=CCn1c(SCC(=O)NCC(C)C)nc2sc3c(c2c1=O)CCCC3. The smallest absolute Gasteiger partial charge is 0.263 e. The Morgan fingerprint density at radius 1 is 1.42 bits per heavy atom. The molecule has 0 spiro atoms. The van der Waals surface area contributed by atoms with Crippen LogP contribution < -0.4 is 10.9 Å². The fourth-order valence-corrected chi connectivity index (χ4v) is 5.26. The number of nitrogens with one attached hydrogen (secondary N) is 1. The maximum Gasteiger partial charge on any atom is 0.263 e. The second-order valence-electron chi connectivity index (χ2n) is 6.98. The summed E-state index contributed by atoms with van der Waals surface area (Å²) in [7, 11) is 0. The standard InChI is InChI=1S/C19H25N3O2S2/c1-4-9-22-18(24)16-13-7-5-6-8-14(13)26-17(16)21-19(22)25-11-15(23)20-10-12(2)3/h4,12H,1,5-11H2,2-3H3,(H,20,23). The third-order valence-corrected chi connectivity index (χ3v) is 6.55. The number of thiophene rings is 1. The van der Waals surface area contributed by atoms with Gasteiger partial charge >= 0.3 is 0 Å². The van der Waals surface area contributed by atoms with Crippen molar-refractivity contribution < 1.29 is 4.79 Å². The number of hydrogen-bond donors (Lipinski definition) is 1. The van der Waals surface area contributed by atoms with Crippen molar-refractivity contribution in [1.82, 2.24) is 14.9 Å². The van der Waals surface area contributed by atoms with Crippen LogP contribution >= 0.6 is 23.1 Å². The zero-order valence-corrected chi connectivity index (χ0v) is 17.0. The van der Waals surface area contributed by atoms with Crippen LogP contribution in [0.25, 0.3) is 10.2 Å². The Bertz CT molecular complexity index is 883. The van der Waals surface area contributed by atoms with Gasteiger partial charge < -0.3 is 5.32 Å². The molecular weight excluding hydrogens is 366 g/mol. The molecule has 3 rings (SSSR count). The monoisotopic (exact) mass is 391 g/mol. The highest BCUT2D eigenvalue weighted by atomic mass is 32.2. The Hall–Kier alpha value is -1.60. The molecule has 0 saturated carbocycles. The molecule has 5 nitrogen and oxygen atoms in total. The first-order valence-electron chi connectivity index (χ1n) is 9.06. The molecule has 0 unspecified atom stereocenters. The molecule has 0 saturated heterocycles. The molecule has 0 aromatic carbocycles. The molecule has 0 radical (unpaired) electrons. The van der Waals surface area contributed by atoms with E-state index in [1.807, 2.05) is 0 Å². The average molecular weight is 392 g/mol. The Kier molecular flexibility index (Phi) is 6.19. The third kappa shape index (κ3) is 4.04. The van der Waals surface area contributed by atoms with Crippen LogP contribution in [0, 0.1) is 5.92 Å². The predicted molar refractivity (Wildman–Crippen MR) is 109 cm³/mol. The van der Waals surface area contributed by atoms with E-state index >= 15 is 0 Å². The van der Waals surface area contributed by atoms with Gasteiger partial charge in [0, 0.05) is 18.0 Å². The zero-order chi connectivity index (χ0) is 18.7. The molecular formula is C19H25N3O2S2. The first-order valence-corrected chi connectivity index (χ1v) is 10.9. The van der Waals surface area contributed by atoms with E-state index in [1.165, 1.54) is 28.6 Å². The van der Waals surface area contributed by atoms with Crippen molar-refractivity contribution in [2.45, 2.75) is 51.2 Å². The number of hydrogen-bond acceptors (Lipinski definition) is 5. The van der Waals surface area contributed by atoms with E-state index < -0.39 is 0 Å². The minimum atomic E-state index is -0.0336. The average Bonchev–Trinajstić information content (AvgIpc) is 2.99. The van der Waals surface area contributed by atoms with Crippen LogP contribution in [0.4, 0.5) is 0 Å². The molecule has 140 valence electrons. The Balaban J connectivity index is 1.91. The van der Waals surface area contributed by atoms with Gasteiger partial charge in [-0.2, -0.15) is 0 Å². The van der Waals surface area contributed by atoms with Crippen molar-refractivity contribution in [2.24, 2.45) is 5.92 Å². The molecule has 2 aromatic heterocycles. The minimum Gasteiger partial charge on any atom is -0.355 e. The number of thioether (sulfide) groups is 1. The number of aryl methyl sites for hydroxylation is 2. The largest absolute Gasteiger partial charge is 0.355 e. The predicted octanol–water partition coefficient (Wildman–Crippen LogP) is 3.39. The first kappa shape index (κ1) is 19.2. The summed E-state index contributed by atoms with van der Waals surface area (Å²) in [6.07, 6.45) is 6.02. The second kappa shape index (κ2) is 8.39. The number of carbonyl (C=O) groups excluding carboxylic acids is 1. The van der Waals surface area contributed by atoms with Gasteiger partial charge in [0.25, 0.3) is 5.56 Å². The van der Waals surface area contributed by atoms with E-state index in [1.54, 1.807) is 22.0 Å². The summed E-state index contributed by atoms with van der Waals surface area (Å²) >= 11 is 2.96. The van der Waals surface area contributed by atoms with Crippen LogP contribution in [0.5, 0.6) is 0 Å². The third-order valence-electron chi connectivity index (χ3n) is 4.39. The number of rotatable bonds is 7. The molecule has 1 aliphatic carbocycles. The van der Waals surface area contributed by atoms with Crippen molar-refractivity contribution in [3.8, 4) is 0 Å². The number of fused-ring (bicyclic) bond motifs is 3. The van der Waals surface area contributed by atoms with Crippen molar-refractivity contribution in [3.05, 3.63) is 33.4 Å². The molecule has 1 aliphatic rings. The van der Waals surface area contributed by atoms with E-state index in [0.717, 1.165) is 29.5 Å². The van der Waals surface area contributed by atoms with Gasteiger partial charge in [-0.05, 0) is 37.2 Å². The minimum absolute atomic E-state index is 0.000566. The first-order chi connectivity index (χ1) is 12.5. The van der Waals surface area contributed by atoms with Gasteiger partial charge in [0.2, 0.25) is 5.91 Å². The molecule has 0 bridgehead atoms. The number of nitrogens with zero attached hydrogens (tertiary/aromatic N) is 2. The van der Waals surface area contributed by atoms with Gasteiger partial charge in [0.15, 0.2) is 5.16 Å². The van der Waals surface area contributed by atoms with Crippen molar-refractivity contribution in [1.29, 1.82) is 0 Å². The number of allylic oxidation sites excluding steroid dienone is 1. The molecule has 0 atom stereocenters. The van der Waals surface area contributed by atoms with Crippen LogP contribution in [0.15, 0.2) is 22.6 Å². The van der Waals surface area contributed by atoms with Gasteiger partial charge in [0.1, 0.15) is 4.83 Å². The molecule has 0 aliphatic heterocycles. The summed E-state index contributed by atoms with van der Waals surface area (Å²) in [5.74, 6) is 0.635. The Labute approximate surface area is 161 Å². The number of amides is 1. The van der Waals surface area contributed by atoms with Gasteiger partial charge in [0.05, 0.1) is 11.1 Å². The Morgan fingerprint density at radius 2 is 2.19 bits per heavy atom. The van der Waals surface area contributed by atoms with Crippen LogP contribution in [0.3, 0.4) is 0 Å². The molecule has 1 N–H and O–H groups in total. The molecule has 2 aromatic rings. The van der Waals surface area contributed by atoms with E-state index in [4.69, 9.17) is 4.98 Å². The van der Waals surface area contributed by atoms with Gasteiger partial charge in [-0.3, -0.25) is 14.2 Å². The molecule has 26 heavy (non-hydrogen) atoms. The normalized spacial score (nSPS) is 13.8. The quantitative estimate of drug-likeness (QED) is 0.446. The lowest BCUT2D eigenvalue weighted by Crippen LogP contribution is -2.29. The summed E-state index contributed by atoms with van der Waals surface area (Å²) in [4.78, 5) is 32.0. The van der Waals surface area contributed by atoms with Gasteiger partial charge in [-0.1, -0.05) is 31.7 Å². The highest BCUT2D eigenvalue weighted by Crippen LogP contribution is 2.34. The molecule has 7 heteroatoms. The summed E-state index contributed by atoms with van der Waals surface area (Å²) in [5, 5.41) is 4.28. The van der Waals surface area contributed by atoms with Crippen LogP contribution in [-0.4, -0.2) is 27.8 Å². The van der Waals surface area contributed by atoms with Gasteiger partial charge in [-0.15, -0.1) is 17.9 Å². The number of carbonyl (C=O) groups is 1. The van der Waals surface area contributed by atoms with E-state index in [-0.39, 0.29) is 17.2 Å². The summed E-state index contributed by atoms with van der Waals surface area (Å²) in [5.41, 5.74) is 1.19. The van der Waals surface area contributed by atoms with Crippen molar-refractivity contribution in [2.75, 3.05) is 12.3 Å². The van der Waals surface area contributed by atoms with E-state index in [9.17, 15) is 9.59 Å². The second-order valence-corrected chi connectivity index (χ2v) is 9.00. The highest BCUT2D eigenvalue weighted by Gasteiger charge is 2.22. The molecule has 1 amide bonds. The van der Waals surface area contributed by atoms with Crippen LogP contribution in [0.2, 0.25) is 0 Å². The maximum absolute atomic E-state index is 13.1. The van der Waals surface area contributed by atoms with Crippen molar-refractivity contribution >= 4 is 39.2 Å². The molecule has 2 heterocycles. The lowest BCUT2D eigenvalue weighted by molar-refractivity contribution is -0.118. The molecule has 0 fully saturated rings.